The molecule has 1 N–H and O–H groups in total. The number of nitrogens with one attached hydrogen (secondary N) is 1. The van der Waals surface area contributed by atoms with E-state index in [4.69, 9.17) is 0 Å². The zero-order valence-electron chi connectivity index (χ0n) is 14.5. The Hall–Kier alpha value is -2.74. The third-order valence-electron chi connectivity index (χ3n) is 5.14. The highest BCUT2D eigenvalue weighted by molar-refractivity contribution is 5.99. The first kappa shape index (κ1) is 16.7. The lowest BCUT2D eigenvalue weighted by molar-refractivity contribution is -0.121. The minimum absolute atomic E-state index is 0.0997. The molecule has 8 nitrogen and oxygen atoms in total. The summed E-state index contributed by atoms with van der Waals surface area (Å²) in [7, 11) is 0. The molecule has 1 atom stereocenters. The van der Waals surface area contributed by atoms with Crippen LogP contribution in [-0.4, -0.2) is 75.8 Å². The Balaban J connectivity index is 1.40. The molecular weight excluding hydrogens is 332 g/mol. The topological polar surface area (TPSA) is 85.4 Å². The number of benzene rings is 1. The molecule has 1 aromatic heterocycles. The molecule has 4 rings (SSSR count). The number of rotatable bonds is 3. The number of hydrogen-bond donors (Lipinski definition) is 1. The largest absolute Gasteiger partial charge is 0.336 e. The molecular formula is C18H22N6O2. The van der Waals surface area contributed by atoms with Gasteiger partial charge in [-0.25, -0.2) is 0 Å². The van der Waals surface area contributed by atoms with Crippen LogP contribution in [0.25, 0.3) is 0 Å². The van der Waals surface area contributed by atoms with Crippen molar-refractivity contribution < 1.29 is 9.59 Å². The normalized spacial score (nSPS) is 21.8. The maximum Gasteiger partial charge on any atom is 0.276 e. The van der Waals surface area contributed by atoms with Crippen molar-refractivity contribution in [3.05, 3.63) is 42.2 Å². The second-order valence-electron chi connectivity index (χ2n) is 6.67. The molecule has 8 heteroatoms. The highest BCUT2D eigenvalue weighted by Gasteiger charge is 2.37. The number of para-hydroxylation sites is 1. The van der Waals surface area contributed by atoms with Gasteiger partial charge in [0, 0.05) is 38.4 Å². The Bertz CT molecular complexity index is 763. The number of anilines is 1. The minimum atomic E-state index is -0.107. The van der Waals surface area contributed by atoms with Crippen LogP contribution in [-0.2, 0) is 4.79 Å². The molecule has 1 aromatic carbocycles. The summed E-state index contributed by atoms with van der Waals surface area (Å²) in [6, 6.07) is 9.71. The molecule has 136 valence electrons. The predicted octanol–water partition coefficient (Wildman–Crippen LogP) is 0.758. The van der Waals surface area contributed by atoms with Crippen LogP contribution in [0.1, 0.15) is 23.3 Å². The Kier molecular flexibility index (Phi) is 4.66. The number of carbonyl (C=O) groups is 2. The Morgan fingerprint density at radius 3 is 2.69 bits per heavy atom. The van der Waals surface area contributed by atoms with Crippen molar-refractivity contribution in [3.63, 3.8) is 0 Å². The fourth-order valence-corrected chi connectivity index (χ4v) is 3.79. The van der Waals surface area contributed by atoms with Crippen LogP contribution in [0.2, 0.25) is 0 Å². The van der Waals surface area contributed by atoms with E-state index in [1.54, 1.807) is 4.90 Å². The van der Waals surface area contributed by atoms with Gasteiger partial charge < -0.3 is 9.80 Å². The zero-order chi connectivity index (χ0) is 17.9. The van der Waals surface area contributed by atoms with E-state index in [0.717, 1.165) is 31.6 Å². The molecule has 0 bridgehead atoms. The number of amides is 2. The van der Waals surface area contributed by atoms with E-state index in [2.05, 4.69) is 20.3 Å². The fraction of sp³-hybridized carbons (Fsp3) is 0.444. The molecule has 0 radical (unpaired) electrons. The van der Waals surface area contributed by atoms with E-state index >= 15 is 0 Å². The van der Waals surface area contributed by atoms with Gasteiger partial charge in [-0.1, -0.05) is 18.2 Å². The SMILES string of the molecule is O=C(c1cn[nH]n1)N1CCCN(C2CCN(c3ccccc3)C2=O)CC1. The van der Waals surface area contributed by atoms with Gasteiger partial charge in [0.15, 0.2) is 5.69 Å². The highest BCUT2D eigenvalue weighted by atomic mass is 16.2. The summed E-state index contributed by atoms with van der Waals surface area (Å²) in [6.07, 6.45) is 3.12. The van der Waals surface area contributed by atoms with E-state index in [1.807, 2.05) is 35.2 Å². The van der Waals surface area contributed by atoms with E-state index in [9.17, 15) is 9.59 Å². The van der Waals surface area contributed by atoms with Crippen molar-refractivity contribution in [2.75, 3.05) is 37.6 Å². The maximum atomic E-state index is 12.9. The van der Waals surface area contributed by atoms with Gasteiger partial charge >= 0.3 is 0 Å². The van der Waals surface area contributed by atoms with Crippen molar-refractivity contribution in [1.82, 2.24) is 25.2 Å². The summed E-state index contributed by atoms with van der Waals surface area (Å²) in [4.78, 5) is 31.2. The monoisotopic (exact) mass is 354 g/mol. The average Bonchev–Trinajstić information content (AvgIpc) is 3.27. The van der Waals surface area contributed by atoms with Crippen LogP contribution in [0, 0.1) is 0 Å². The van der Waals surface area contributed by atoms with Crippen LogP contribution in [0.15, 0.2) is 36.5 Å². The average molecular weight is 354 g/mol. The fourth-order valence-electron chi connectivity index (χ4n) is 3.79. The van der Waals surface area contributed by atoms with Gasteiger partial charge in [-0.15, -0.1) is 0 Å². The number of nitrogens with zero attached hydrogens (tertiary/aromatic N) is 5. The van der Waals surface area contributed by atoms with Gasteiger partial charge in [0.1, 0.15) is 0 Å². The smallest absolute Gasteiger partial charge is 0.276 e. The van der Waals surface area contributed by atoms with Crippen molar-refractivity contribution in [3.8, 4) is 0 Å². The summed E-state index contributed by atoms with van der Waals surface area (Å²) in [5.41, 5.74) is 1.29. The van der Waals surface area contributed by atoms with Crippen LogP contribution < -0.4 is 4.90 Å². The molecule has 0 spiro atoms. The number of carbonyl (C=O) groups excluding carboxylic acids is 2. The lowest BCUT2D eigenvalue weighted by atomic mass is 10.2. The predicted molar refractivity (Wildman–Crippen MR) is 95.7 cm³/mol. The van der Waals surface area contributed by atoms with Crippen LogP contribution in [0.5, 0.6) is 0 Å². The molecule has 3 heterocycles. The van der Waals surface area contributed by atoms with Crippen molar-refractivity contribution in [1.29, 1.82) is 0 Å². The third kappa shape index (κ3) is 3.20. The Labute approximate surface area is 151 Å². The molecule has 1 unspecified atom stereocenters. The quantitative estimate of drug-likeness (QED) is 0.879. The van der Waals surface area contributed by atoms with Crippen molar-refractivity contribution >= 4 is 17.5 Å². The molecule has 2 saturated heterocycles. The van der Waals surface area contributed by atoms with E-state index in [0.29, 0.717) is 25.3 Å². The number of H-pyrrole nitrogens is 1. The molecule has 2 fully saturated rings. The third-order valence-corrected chi connectivity index (χ3v) is 5.14. The number of aromatic amines is 1. The molecule has 0 aliphatic carbocycles. The summed E-state index contributed by atoms with van der Waals surface area (Å²) >= 11 is 0. The molecule has 2 aliphatic heterocycles. The van der Waals surface area contributed by atoms with Gasteiger partial charge in [-0.2, -0.15) is 15.4 Å². The van der Waals surface area contributed by atoms with Gasteiger partial charge in [0.25, 0.3) is 5.91 Å². The summed E-state index contributed by atoms with van der Waals surface area (Å²) < 4.78 is 0. The first-order chi connectivity index (χ1) is 12.7. The lowest BCUT2D eigenvalue weighted by Gasteiger charge is -2.26. The minimum Gasteiger partial charge on any atom is -0.336 e. The van der Waals surface area contributed by atoms with Crippen LogP contribution in [0.4, 0.5) is 5.69 Å². The van der Waals surface area contributed by atoms with Gasteiger partial charge in [0.2, 0.25) is 5.91 Å². The summed E-state index contributed by atoms with van der Waals surface area (Å²) in [6.45, 7) is 3.53. The first-order valence-corrected chi connectivity index (χ1v) is 8.99. The van der Waals surface area contributed by atoms with E-state index in [1.165, 1.54) is 6.20 Å². The van der Waals surface area contributed by atoms with Crippen molar-refractivity contribution in [2.45, 2.75) is 18.9 Å². The van der Waals surface area contributed by atoms with Gasteiger partial charge in [0.05, 0.1) is 12.2 Å². The second kappa shape index (κ2) is 7.25. The Morgan fingerprint density at radius 2 is 1.92 bits per heavy atom. The first-order valence-electron chi connectivity index (χ1n) is 8.99. The summed E-state index contributed by atoms with van der Waals surface area (Å²) in [5.74, 6) is 0.0525. The van der Waals surface area contributed by atoms with Crippen LogP contribution >= 0.6 is 0 Å². The number of hydrogen-bond acceptors (Lipinski definition) is 5. The van der Waals surface area contributed by atoms with Gasteiger partial charge in [-0.05, 0) is 25.0 Å². The molecule has 26 heavy (non-hydrogen) atoms. The molecule has 2 aromatic rings. The molecule has 0 saturated carbocycles. The van der Waals surface area contributed by atoms with E-state index < -0.39 is 0 Å². The lowest BCUT2D eigenvalue weighted by Crippen LogP contribution is -2.44. The number of aromatic nitrogens is 3. The molecule has 2 amide bonds. The zero-order valence-corrected chi connectivity index (χ0v) is 14.5. The highest BCUT2D eigenvalue weighted by Crippen LogP contribution is 2.25. The summed E-state index contributed by atoms with van der Waals surface area (Å²) in [5, 5.41) is 10.1. The van der Waals surface area contributed by atoms with Gasteiger partial charge in [-0.3, -0.25) is 14.5 Å². The van der Waals surface area contributed by atoms with Crippen LogP contribution in [0.3, 0.4) is 0 Å². The maximum absolute atomic E-state index is 12.9. The standard InChI is InChI=1S/C18H22N6O2/c25-17(15-13-19-21-20-15)23-9-4-8-22(11-12-23)16-7-10-24(18(16)26)14-5-2-1-3-6-14/h1-3,5-6,13,16H,4,7-12H2,(H,19,20,21). The molecule has 2 aliphatic rings. The second-order valence-corrected chi connectivity index (χ2v) is 6.67. The van der Waals surface area contributed by atoms with Crippen molar-refractivity contribution in [2.24, 2.45) is 0 Å². The van der Waals surface area contributed by atoms with E-state index in [-0.39, 0.29) is 17.9 Å². The Morgan fingerprint density at radius 1 is 1.08 bits per heavy atom.